The number of amides is 1. The molecule has 144 valence electrons. The van der Waals surface area contributed by atoms with Crippen LogP contribution < -0.4 is 5.32 Å². The molecule has 0 spiro atoms. The Morgan fingerprint density at radius 1 is 1.04 bits per heavy atom. The van der Waals surface area contributed by atoms with Crippen molar-refractivity contribution in [1.29, 1.82) is 0 Å². The summed E-state index contributed by atoms with van der Waals surface area (Å²) in [6.07, 6.45) is 9.61. The highest BCUT2D eigenvalue weighted by Crippen LogP contribution is 2.24. The predicted octanol–water partition coefficient (Wildman–Crippen LogP) is 2.78. The molecular weight excluding hydrogens is 350 g/mol. The zero-order valence-electron chi connectivity index (χ0n) is 15.9. The van der Waals surface area contributed by atoms with Crippen LogP contribution in [0.4, 0.5) is 0 Å². The monoisotopic (exact) mass is 375 g/mol. The van der Waals surface area contributed by atoms with Crippen molar-refractivity contribution >= 4 is 5.91 Å². The third-order valence-electron chi connectivity index (χ3n) is 5.10. The second-order valence-electron chi connectivity index (χ2n) is 7.18. The van der Waals surface area contributed by atoms with Crippen molar-refractivity contribution in [3.05, 3.63) is 83.9 Å². The molecule has 0 aliphatic carbocycles. The number of aromatic nitrogens is 3. The van der Waals surface area contributed by atoms with Crippen LogP contribution in [-0.2, 0) is 17.9 Å². The zero-order valence-corrected chi connectivity index (χ0v) is 15.9. The molecule has 0 saturated carbocycles. The van der Waals surface area contributed by atoms with Gasteiger partial charge in [0.1, 0.15) is 6.04 Å². The highest BCUT2D eigenvalue weighted by molar-refractivity contribution is 5.83. The number of nitrogens with zero attached hydrogens (tertiary/aromatic N) is 4. The summed E-state index contributed by atoms with van der Waals surface area (Å²) >= 11 is 0. The third-order valence-corrected chi connectivity index (χ3v) is 5.10. The molecule has 1 N–H and O–H groups in total. The molecule has 6 heteroatoms. The van der Waals surface area contributed by atoms with Gasteiger partial charge in [0.25, 0.3) is 0 Å². The molecule has 1 saturated heterocycles. The van der Waals surface area contributed by atoms with Gasteiger partial charge in [0.2, 0.25) is 5.91 Å². The van der Waals surface area contributed by atoms with Gasteiger partial charge in [-0.25, -0.2) is 0 Å². The van der Waals surface area contributed by atoms with Crippen LogP contribution in [0.3, 0.4) is 0 Å². The first-order chi connectivity index (χ1) is 13.8. The van der Waals surface area contributed by atoms with E-state index in [-0.39, 0.29) is 11.9 Å². The van der Waals surface area contributed by atoms with Gasteiger partial charge >= 0.3 is 0 Å². The van der Waals surface area contributed by atoms with Crippen LogP contribution in [-0.4, -0.2) is 38.7 Å². The molecule has 4 rings (SSSR count). The van der Waals surface area contributed by atoms with Gasteiger partial charge < -0.3 is 5.32 Å². The van der Waals surface area contributed by atoms with E-state index in [9.17, 15) is 4.79 Å². The van der Waals surface area contributed by atoms with Gasteiger partial charge in [-0.1, -0.05) is 36.4 Å². The van der Waals surface area contributed by atoms with E-state index in [4.69, 9.17) is 0 Å². The number of carbonyl (C=O) groups is 1. The van der Waals surface area contributed by atoms with Gasteiger partial charge in [0.15, 0.2) is 0 Å². The number of hydrogen-bond acceptors (Lipinski definition) is 4. The fraction of sp³-hybridized carbons (Fsp3) is 0.318. The second kappa shape index (κ2) is 8.80. The van der Waals surface area contributed by atoms with Gasteiger partial charge in [-0.3, -0.25) is 19.4 Å². The molecular formula is C22H25N5O. The Hall–Kier alpha value is -2.99. The first-order valence-electron chi connectivity index (χ1n) is 9.76. The summed E-state index contributed by atoms with van der Waals surface area (Å²) in [5.41, 5.74) is 3.14. The van der Waals surface area contributed by atoms with Crippen molar-refractivity contribution in [3.63, 3.8) is 0 Å². The van der Waals surface area contributed by atoms with Gasteiger partial charge in [-0.15, -0.1) is 0 Å². The standard InChI is InChI=1S/C22H25N5O/c28-22(21(26-11-4-5-12-26)20-9-6-10-23-15-20)24-13-19-14-25-27(17-19)16-18-7-2-1-3-8-18/h1-3,6-10,14-15,17,21H,4-5,11-13,16H2,(H,24,28). The smallest absolute Gasteiger partial charge is 0.242 e. The lowest BCUT2D eigenvalue weighted by Crippen LogP contribution is -2.39. The molecule has 6 nitrogen and oxygen atoms in total. The summed E-state index contributed by atoms with van der Waals surface area (Å²) in [7, 11) is 0. The number of rotatable bonds is 7. The normalized spacial score (nSPS) is 15.4. The molecule has 3 aromatic rings. The minimum atomic E-state index is -0.282. The topological polar surface area (TPSA) is 63.1 Å². The Morgan fingerprint density at radius 2 is 1.86 bits per heavy atom. The molecule has 1 amide bonds. The second-order valence-corrected chi connectivity index (χ2v) is 7.18. The van der Waals surface area contributed by atoms with E-state index in [2.05, 4.69) is 32.4 Å². The minimum absolute atomic E-state index is 0.0192. The van der Waals surface area contributed by atoms with Crippen molar-refractivity contribution in [3.8, 4) is 0 Å². The van der Waals surface area contributed by atoms with Crippen LogP contribution in [0.1, 0.15) is 35.6 Å². The van der Waals surface area contributed by atoms with Crippen molar-refractivity contribution < 1.29 is 4.79 Å². The quantitative estimate of drug-likeness (QED) is 0.690. The summed E-state index contributed by atoms with van der Waals surface area (Å²) in [6.45, 7) is 3.09. The molecule has 0 radical (unpaired) electrons. The number of nitrogens with one attached hydrogen (secondary N) is 1. The van der Waals surface area contributed by atoms with Gasteiger partial charge in [-0.05, 0) is 43.1 Å². The Bertz CT molecular complexity index is 888. The number of hydrogen-bond donors (Lipinski definition) is 1. The summed E-state index contributed by atoms with van der Waals surface area (Å²) in [4.78, 5) is 19.4. The molecule has 1 unspecified atom stereocenters. The van der Waals surface area contributed by atoms with Crippen molar-refractivity contribution in [2.45, 2.75) is 32.0 Å². The van der Waals surface area contributed by atoms with Gasteiger partial charge in [0, 0.05) is 30.7 Å². The molecule has 1 aromatic carbocycles. The fourth-order valence-corrected chi connectivity index (χ4v) is 3.71. The van der Waals surface area contributed by atoms with Crippen molar-refractivity contribution in [2.24, 2.45) is 0 Å². The number of pyridine rings is 1. The minimum Gasteiger partial charge on any atom is -0.350 e. The predicted molar refractivity (Wildman–Crippen MR) is 107 cm³/mol. The van der Waals surface area contributed by atoms with Gasteiger partial charge in [-0.2, -0.15) is 5.10 Å². The maximum absolute atomic E-state index is 13.0. The van der Waals surface area contributed by atoms with E-state index >= 15 is 0 Å². The molecule has 1 aliphatic rings. The summed E-state index contributed by atoms with van der Waals surface area (Å²) in [5.74, 6) is 0.0192. The van der Waals surface area contributed by atoms with Crippen LogP contribution in [0.5, 0.6) is 0 Å². The maximum atomic E-state index is 13.0. The zero-order chi connectivity index (χ0) is 19.2. The highest BCUT2D eigenvalue weighted by Gasteiger charge is 2.29. The van der Waals surface area contributed by atoms with Crippen molar-refractivity contribution in [1.82, 2.24) is 25.0 Å². The van der Waals surface area contributed by atoms with E-state index in [1.807, 2.05) is 47.4 Å². The molecule has 0 bridgehead atoms. The third kappa shape index (κ3) is 4.46. The van der Waals surface area contributed by atoms with E-state index in [0.717, 1.165) is 43.6 Å². The average molecular weight is 375 g/mol. The van der Waals surface area contributed by atoms with E-state index < -0.39 is 0 Å². The highest BCUT2D eigenvalue weighted by atomic mass is 16.2. The van der Waals surface area contributed by atoms with E-state index in [0.29, 0.717) is 6.54 Å². The molecule has 1 fully saturated rings. The summed E-state index contributed by atoms with van der Waals surface area (Å²) in [5, 5.41) is 7.50. The van der Waals surface area contributed by atoms with Crippen LogP contribution >= 0.6 is 0 Å². The fourth-order valence-electron chi connectivity index (χ4n) is 3.71. The van der Waals surface area contributed by atoms with Crippen LogP contribution in [0.15, 0.2) is 67.3 Å². The maximum Gasteiger partial charge on any atom is 0.242 e. The number of benzene rings is 1. The lowest BCUT2D eigenvalue weighted by atomic mass is 10.1. The number of carbonyl (C=O) groups excluding carboxylic acids is 1. The Labute approximate surface area is 165 Å². The summed E-state index contributed by atoms with van der Waals surface area (Å²) in [6, 6.07) is 13.8. The molecule has 2 aromatic heterocycles. The number of likely N-dealkylation sites (tertiary alicyclic amines) is 1. The van der Waals surface area contributed by atoms with E-state index in [1.165, 1.54) is 5.56 Å². The van der Waals surface area contributed by atoms with Crippen LogP contribution in [0.2, 0.25) is 0 Å². The molecule has 1 aliphatic heterocycles. The molecule has 28 heavy (non-hydrogen) atoms. The SMILES string of the molecule is O=C(NCc1cnn(Cc2ccccc2)c1)C(c1cccnc1)N1CCCC1. The van der Waals surface area contributed by atoms with Crippen molar-refractivity contribution in [2.75, 3.05) is 13.1 Å². The van der Waals surface area contributed by atoms with E-state index in [1.54, 1.807) is 12.4 Å². The average Bonchev–Trinajstić information content (AvgIpc) is 3.41. The van der Waals surface area contributed by atoms with Crippen LogP contribution in [0, 0.1) is 0 Å². The molecule has 3 heterocycles. The van der Waals surface area contributed by atoms with Crippen LogP contribution in [0.25, 0.3) is 0 Å². The van der Waals surface area contributed by atoms with Gasteiger partial charge in [0.05, 0.1) is 12.7 Å². The lowest BCUT2D eigenvalue weighted by molar-refractivity contribution is -0.126. The lowest BCUT2D eigenvalue weighted by Gasteiger charge is -2.26. The first kappa shape index (κ1) is 18.4. The first-order valence-corrected chi connectivity index (χ1v) is 9.76. The Kier molecular flexibility index (Phi) is 5.77. The Morgan fingerprint density at radius 3 is 2.61 bits per heavy atom. The largest absolute Gasteiger partial charge is 0.350 e. The summed E-state index contributed by atoms with van der Waals surface area (Å²) < 4.78 is 1.90. The Balaban J connectivity index is 1.40. The molecule has 1 atom stereocenters.